The first kappa shape index (κ1) is 27.7. The standard InChI is InChI=1S/C24H36N4O7S/c1-34-19-11-9-17(10-12-19)15-20(23(30)35-2)26-22(29)21-16-27(36(3,32)33)13-14-28(21)24(31)25-18-7-5-4-6-8-18/h9-12,18,20-21H,4-8,13-16H2,1-3H3,(H,25,31)(H,26,29)/t20-,21+/m0/s1. The van der Waals surface area contributed by atoms with E-state index in [-0.39, 0.29) is 32.1 Å². The van der Waals surface area contributed by atoms with E-state index in [2.05, 4.69) is 10.6 Å². The molecule has 0 aromatic heterocycles. The molecule has 3 amide bonds. The zero-order valence-electron chi connectivity index (χ0n) is 21.1. The van der Waals surface area contributed by atoms with Crippen LogP contribution in [0.4, 0.5) is 4.79 Å². The lowest BCUT2D eigenvalue weighted by Gasteiger charge is -2.40. The summed E-state index contributed by atoms with van der Waals surface area (Å²) in [5, 5.41) is 5.69. The molecule has 2 N–H and O–H groups in total. The quantitative estimate of drug-likeness (QED) is 0.482. The Labute approximate surface area is 212 Å². The largest absolute Gasteiger partial charge is 0.497 e. The van der Waals surface area contributed by atoms with Crippen LogP contribution in [0.2, 0.25) is 0 Å². The van der Waals surface area contributed by atoms with Crippen LogP contribution >= 0.6 is 0 Å². The molecule has 1 saturated carbocycles. The molecule has 1 aliphatic carbocycles. The highest BCUT2D eigenvalue weighted by molar-refractivity contribution is 7.88. The Kier molecular flexibility index (Phi) is 9.55. The summed E-state index contributed by atoms with van der Waals surface area (Å²) in [4.78, 5) is 40.4. The second kappa shape index (κ2) is 12.4. The fourth-order valence-electron chi connectivity index (χ4n) is 4.63. The molecule has 200 valence electrons. The van der Waals surface area contributed by atoms with Crippen LogP contribution in [-0.2, 0) is 30.8 Å². The van der Waals surface area contributed by atoms with E-state index < -0.39 is 40.0 Å². The van der Waals surface area contributed by atoms with Gasteiger partial charge in [-0.05, 0) is 30.5 Å². The molecule has 11 nitrogen and oxygen atoms in total. The van der Waals surface area contributed by atoms with Gasteiger partial charge in [-0.15, -0.1) is 0 Å². The molecule has 0 radical (unpaired) electrons. The van der Waals surface area contributed by atoms with Crippen LogP contribution < -0.4 is 15.4 Å². The molecule has 0 spiro atoms. The lowest BCUT2D eigenvalue weighted by Crippen LogP contribution is -2.64. The predicted octanol–water partition coefficient (Wildman–Crippen LogP) is 0.884. The smallest absolute Gasteiger partial charge is 0.328 e. The fraction of sp³-hybridized carbons (Fsp3) is 0.625. The first-order chi connectivity index (χ1) is 17.1. The maximum absolute atomic E-state index is 13.4. The maximum atomic E-state index is 13.4. The molecular formula is C24H36N4O7S. The van der Waals surface area contributed by atoms with Crippen LogP contribution in [0.25, 0.3) is 0 Å². The average molecular weight is 525 g/mol. The number of nitrogens with zero attached hydrogens (tertiary/aromatic N) is 2. The SMILES string of the molecule is COC(=O)[C@H](Cc1ccc(OC)cc1)NC(=O)[C@H]1CN(S(C)(=O)=O)CCN1C(=O)NC1CCCCC1. The van der Waals surface area contributed by atoms with Gasteiger partial charge in [0, 0.05) is 32.1 Å². The van der Waals surface area contributed by atoms with Gasteiger partial charge in [0.05, 0.1) is 20.5 Å². The molecule has 1 aromatic rings. The molecule has 0 bridgehead atoms. The lowest BCUT2D eigenvalue weighted by atomic mass is 9.96. The molecule has 1 aliphatic heterocycles. The van der Waals surface area contributed by atoms with Crippen LogP contribution in [0, 0.1) is 0 Å². The Balaban J connectivity index is 1.77. The van der Waals surface area contributed by atoms with Crippen molar-refractivity contribution < 1.29 is 32.3 Å². The van der Waals surface area contributed by atoms with E-state index >= 15 is 0 Å². The average Bonchev–Trinajstić information content (AvgIpc) is 2.87. The van der Waals surface area contributed by atoms with Gasteiger partial charge >= 0.3 is 12.0 Å². The number of hydrogen-bond donors (Lipinski definition) is 2. The molecule has 2 atom stereocenters. The Morgan fingerprint density at radius 3 is 2.31 bits per heavy atom. The van der Waals surface area contributed by atoms with Crippen LogP contribution in [0.5, 0.6) is 5.75 Å². The van der Waals surface area contributed by atoms with Crippen LogP contribution in [0.1, 0.15) is 37.7 Å². The Morgan fingerprint density at radius 2 is 1.72 bits per heavy atom. The van der Waals surface area contributed by atoms with Crippen molar-refractivity contribution in [1.82, 2.24) is 19.8 Å². The summed E-state index contributed by atoms with van der Waals surface area (Å²) in [5.74, 6) is -0.612. The Bertz CT molecular complexity index is 1030. The first-order valence-corrected chi connectivity index (χ1v) is 14.0. The second-order valence-electron chi connectivity index (χ2n) is 9.25. The second-order valence-corrected chi connectivity index (χ2v) is 11.2. The fourth-order valence-corrected chi connectivity index (χ4v) is 5.46. The van der Waals surface area contributed by atoms with Crippen LogP contribution in [0.15, 0.2) is 24.3 Å². The van der Waals surface area contributed by atoms with Crippen molar-refractivity contribution in [1.29, 1.82) is 0 Å². The van der Waals surface area contributed by atoms with Gasteiger partial charge in [0.2, 0.25) is 15.9 Å². The molecule has 1 aromatic carbocycles. The topological polar surface area (TPSA) is 134 Å². The number of carbonyl (C=O) groups is 3. The Morgan fingerprint density at radius 1 is 1.06 bits per heavy atom. The number of esters is 1. The van der Waals surface area contributed by atoms with Crippen molar-refractivity contribution in [2.45, 2.75) is 56.7 Å². The van der Waals surface area contributed by atoms with Crippen LogP contribution in [-0.4, -0.2) is 93.8 Å². The highest BCUT2D eigenvalue weighted by Crippen LogP contribution is 2.20. The number of benzene rings is 1. The molecule has 3 rings (SSSR count). The molecule has 1 heterocycles. The number of rotatable bonds is 8. The summed E-state index contributed by atoms with van der Waals surface area (Å²) in [5.41, 5.74) is 0.764. The summed E-state index contributed by atoms with van der Waals surface area (Å²) in [7, 11) is -0.806. The van der Waals surface area contributed by atoms with Gasteiger partial charge in [-0.1, -0.05) is 31.4 Å². The zero-order valence-corrected chi connectivity index (χ0v) is 21.9. The van der Waals surface area contributed by atoms with Gasteiger partial charge in [-0.3, -0.25) is 4.79 Å². The number of amides is 3. The van der Waals surface area contributed by atoms with E-state index in [0.29, 0.717) is 5.75 Å². The molecule has 12 heteroatoms. The molecule has 1 saturated heterocycles. The highest BCUT2D eigenvalue weighted by atomic mass is 32.2. The van der Waals surface area contributed by atoms with Crippen molar-refractivity contribution >= 4 is 27.9 Å². The summed E-state index contributed by atoms with van der Waals surface area (Å²) < 4.78 is 35.6. The highest BCUT2D eigenvalue weighted by Gasteiger charge is 2.40. The monoisotopic (exact) mass is 524 g/mol. The minimum Gasteiger partial charge on any atom is -0.497 e. The normalized spacial score (nSPS) is 20.3. The van der Waals surface area contributed by atoms with E-state index in [4.69, 9.17) is 9.47 Å². The maximum Gasteiger partial charge on any atom is 0.328 e. The number of methoxy groups -OCH3 is 2. The van der Waals surface area contributed by atoms with Gasteiger partial charge in [-0.25, -0.2) is 18.0 Å². The van der Waals surface area contributed by atoms with Gasteiger partial charge in [0.15, 0.2) is 0 Å². The molecule has 36 heavy (non-hydrogen) atoms. The minimum absolute atomic E-state index is 0.0285. The number of piperazine rings is 1. The van der Waals surface area contributed by atoms with Gasteiger partial charge < -0.3 is 25.0 Å². The van der Waals surface area contributed by atoms with Crippen molar-refractivity contribution in [3.63, 3.8) is 0 Å². The summed E-state index contributed by atoms with van der Waals surface area (Å²) in [6.07, 6.45) is 6.16. The van der Waals surface area contributed by atoms with E-state index in [1.54, 1.807) is 31.4 Å². The van der Waals surface area contributed by atoms with Crippen molar-refractivity contribution in [3.8, 4) is 5.75 Å². The third kappa shape index (κ3) is 7.33. The molecule has 2 aliphatic rings. The Hall–Kier alpha value is -2.86. The van der Waals surface area contributed by atoms with E-state index in [1.807, 2.05) is 0 Å². The first-order valence-electron chi connectivity index (χ1n) is 12.2. The van der Waals surface area contributed by atoms with Crippen molar-refractivity contribution in [2.75, 3.05) is 40.1 Å². The van der Waals surface area contributed by atoms with Gasteiger partial charge in [-0.2, -0.15) is 4.31 Å². The number of nitrogens with one attached hydrogen (secondary N) is 2. The molecular weight excluding hydrogens is 488 g/mol. The third-order valence-electron chi connectivity index (χ3n) is 6.71. The summed E-state index contributed by atoms with van der Waals surface area (Å²) in [6.45, 7) is -0.0444. The number of sulfonamides is 1. The number of carbonyl (C=O) groups excluding carboxylic acids is 3. The van der Waals surface area contributed by atoms with Crippen molar-refractivity contribution in [3.05, 3.63) is 29.8 Å². The van der Waals surface area contributed by atoms with Crippen molar-refractivity contribution in [2.24, 2.45) is 0 Å². The number of ether oxygens (including phenoxy) is 2. The van der Waals surface area contributed by atoms with Gasteiger partial charge in [0.25, 0.3) is 0 Å². The van der Waals surface area contributed by atoms with E-state index in [9.17, 15) is 22.8 Å². The van der Waals surface area contributed by atoms with E-state index in [0.717, 1.165) is 43.9 Å². The lowest BCUT2D eigenvalue weighted by molar-refractivity contribution is -0.145. The third-order valence-corrected chi connectivity index (χ3v) is 7.98. The minimum atomic E-state index is -3.58. The zero-order chi connectivity index (χ0) is 26.3. The summed E-state index contributed by atoms with van der Waals surface area (Å²) in [6, 6.07) is 4.55. The predicted molar refractivity (Wildman–Crippen MR) is 133 cm³/mol. The molecule has 2 fully saturated rings. The number of hydrogen-bond acceptors (Lipinski definition) is 7. The van der Waals surface area contributed by atoms with Gasteiger partial charge in [0.1, 0.15) is 17.8 Å². The molecule has 0 unspecified atom stereocenters. The summed E-state index contributed by atoms with van der Waals surface area (Å²) >= 11 is 0. The van der Waals surface area contributed by atoms with Crippen LogP contribution in [0.3, 0.4) is 0 Å². The number of urea groups is 1. The van der Waals surface area contributed by atoms with E-state index in [1.165, 1.54) is 16.3 Å².